The smallest absolute Gasteiger partial charge is 0.257 e. The Morgan fingerprint density at radius 1 is 1.07 bits per heavy atom. The SMILES string of the molecule is O=C(Nc1ccncc1)c1c[nH]c2ccc(-c3ccc(CN4CCCCC4)o3)cc12. The van der Waals surface area contributed by atoms with Crippen LogP contribution in [-0.2, 0) is 6.54 Å². The topological polar surface area (TPSA) is 74.2 Å². The quantitative estimate of drug-likeness (QED) is 0.491. The number of piperidine rings is 1. The largest absolute Gasteiger partial charge is 0.460 e. The Kier molecular flexibility index (Phi) is 5.07. The van der Waals surface area contributed by atoms with E-state index in [1.165, 1.54) is 19.3 Å². The first-order valence-electron chi connectivity index (χ1n) is 10.4. The lowest BCUT2D eigenvalue weighted by molar-refractivity contribution is 0.102. The molecule has 3 aromatic heterocycles. The van der Waals surface area contributed by atoms with Crippen molar-refractivity contribution in [1.29, 1.82) is 0 Å². The standard InChI is InChI=1S/C24H24N4O2/c29-24(27-18-8-10-25-11-9-18)21-15-26-22-6-4-17(14-20(21)22)23-7-5-19(30-23)16-28-12-2-1-3-13-28/h4-11,14-15,26H,1-3,12-13,16H2,(H,25,27,29). The van der Waals surface area contributed by atoms with E-state index in [-0.39, 0.29) is 5.91 Å². The highest BCUT2D eigenvalue weighted by atomic mass is 16.3. The molecule has 0 aliphatic carbocycles. The molecule has 0 unspecified atom stereocenters. The van der Waals surface area contributed by atoms with Gasteiger partial charge in [-0.1, -0.05) is 6.42 Å². The van der Waals surface area contributed by atoms with Crippen LogP contribution in [0, 0.1) is 0 Å². The number of likely N-dealkylation sites (tertiary alicyclic amines) is 1. The number of H-pyrrole nitrogens is 1. The van der Waals surface area contributed by atoms with Gasteiger partial charge in [-0.05, 0) is 68.4 Å². The number of fused-ring (bicyclic) bond motifs is 1. The molecule has 6 heteroatoms. The highest BCUT2D eigenvalue weighted by Gasteiger charge is 2.16. The van der Waals surface area contributed by atoms with Crippen LogP contribution in [0.15, 0.2) is 65.5 Å². The molecule has 0 saturated carbocycles. The number of carbonyl (C=O) groups is 1. The van der Waals surface area contributed by atoms with Crippen LogP contribution >= 0.6 is 0 Å². The summed E-state index contributed by atoms with van der Waals surface area (Å²) in [6.45, 7) is 3.13. The molecule has 4 aromatic rings. The number of nitrogens with one attached hydrogen (secondary N) is 2. The normalized spacial score (nSPS) is 14.8. The van der Waals surface area contributed by atoms with Crippen molar-refractivity contribution in [1.82, 2.24) is 14.9 Å². The summed E-state index contributed by atoms with van der Waals surface area (Å²) in [7, 11) is 0. The molecule has 1 fully saturated rings. The zero-order valence-corrected chi connectivity index (χ0v) is 16.7. The lowest BCUT2D eigenvalue weighted by Crippen LogP contribution is -2.28. The molecule has 1 aliphatic heterocycles. The minimum atomic E-state index is -0.158. The minimum absolute atomic E-state index is 0.158. The van der Waals surface area contributed by atoms with Gasteiger partial charge in [0.1, 0.15) is 11.5 Å². The molecule has 0 atom stereocenters. The predicted molar refractivity (Wildman–Crippen MR) is 117 cm³/mol. The number of amides is 1. The van der Waals surface area contributed by atoms with Crippen molar-refractivity contribution < 1.29 is 9.21 Å². The number of hydrogen-bond donors (Lipinski definition) is 2. The Morgan fingerprint density at radius 2 is 1.90 bits per heavy atom. The Bertz CT molecular complexity index is 1160. The van der Waals surface area contributed by atoms with Gasteiger partial charge in [0.05, 0.1) is 12.1 Å². The molecule has 30 heavy (non-hydrogen) atoms. The molecule has 5 rings (SSSR count). The lowest BCUT2D eigenvalue weighted by Gasteiger charge is -2.25. The van der Waals surface area contributed by atoms with Crippen LogP contribution in [0.4, 0.5) is 5.69 Å². The van der Waals surface area contributed by atoms with Crippen LogP contribution in [0.25, 0.3) is 22.2 Å². The van der Waals surface area contributed by atoms with E-state index in [4.69, 9.17) is 4.42 Å². The Hall–Kier alpha value is -3.38. The molecular formula is C24H24N4O2. The van der Waals surface area contributed by atoms with Gasteiger partial charge in [0.25, 0.3) is 5.91 Å². The first-order valence-corrected chi connectivity index (χ1v) is 10.4. The van der Waals surface area contributed by atoms with E-state index in [1.54, 1.807) is 30.7 Å². The average Bonchev–Trinajstić information content (AvgIpc) is 3.42. The van der Waals surface area contributed by atoms with Crippen LogP contribution in [0.3, 0.4) is 0 Å². The molecule has 0 bridgehead atoms. The second-order valence-corrected chi connectivity index (χ2v) is 7.76. The van der Waals surface area contributed by atoms with Crippen LogP contribution < -0.4 is 5.32 Å². The van der Waals surface area contributed by atoms with Gasteiger partial charge in [0, 0.05) is 40.7 Å². The number of furan rings is 1. The number of hydrogen-bond acceptors (Lipinski definition) is 4. The van der Waals surface area contributed by atoms with Gasteiger partial charge in [0.2, 0.25) is 0 Å². The van der Waals surface area contributed by atoms with Gasteiger partial charge < -0.3 is 14.7 Å². The summed E-state index contributed by atoms with van der Waals surface area (Å²) in [6.07, 6.45) is 8.91. The molecule has 1 aliphatic rings. The Morgan fingerprint density at radius 3 is 2.73 bits per heavy atom. The summed E-state index contributed by atoms with van der Waals surface area (Å²) in [4.78, 5) is 22.4. The number of aromatic amines is 1. The lowest BCUT2D eigenvalue weighted by atomic mass is 10.1. The maximum absolute atomic E-state index is 12.8. The number of nitrogens with zero attached hydrogens (tertiary/aromatic N) is 2. The van der Waals surface area contributed by atoms with E-state index in [0.717, 1.165) is 47.6 Å². The molecule has 152 valence electrons. The molecule has 1 aromatic carbocycles. The Labute approximate surface area is 174 Å². The van der Waals surface area contributed by atoms with E-state index < -0.39 is 0 Å². The zero-order chi connectivity index (χ0) is 20.3. The van der Waals surface area contributed by atoms with E-state index in [2.05, 4.69) is 26.3 Å². The van der Waals surface area contributed by atoms with Gasteiger partial charge in [-0.2, -0.15) is 0 Å². The summed E-state index contributed by atoms with van der Waals surface area (Å²) < 4.78 is 6.13. The third-order valence-corrected chi connectivity index (χ3v) is 5.64. The van der Waals surface area contributed by atoms with Crippen LogP contribution in [-0.4, -0.2) is 33.9 Å². The molecule has 0 spiro atoms. The van der Waals surface area contributed by atoms with Crippen molar-refractivity contribution in [2.75, 3.05) is 18.4 Å². The average molecular weight is 400 g/mol. The molecule has 0 radical (unpaired) electrons. The maximum Gasteiger partial charge on any atom is 0.257 e. The fourth-order valence-electron chi connectivity index (χ4n) is 4.05. The first kappa shape index (κ1) is 18.6. The molecule has 4 heterocycles. The van der Waals surface area contributed by atoms with E-state index in [1.807, 2.05) is 24.3 Å². The highest BCUT2D eigenvalue weighted by molar-refractivity contribution is 6.13. The highest BCUT2D eigenvalue weighted by Crippen LogP contribution is 2.29. The number of carbonyl (C=O) groups excluding carboxylic acids is 1. The summed E-state index contributed by atoms with van der Waals surface area (Å²) >= 11 is 0. The summed E-state index contributed by atoms with van der Waals surface area (Å²) in [5.74, 6) is 1.65. The van der Waals surface area contributed by atoms with Crippen LogP contribution in [0.5, 0.6) is 0 Å². The monoisotopic (exact) mass is 400 g/mol. The Balaban J connectivity index is 1.38. The third kappa shape index (κ3) is 3.86. The van der Waals surface area contributed by atoms with Crippen LogP contribution in [0.2, 0.25) is 0 Å². The van der Waals surface area contributed by atoms with Crippen molar-refractivity contribution in [2.24, 2.45) is 0 Å². The molecule has 1 saturated heterocycles. The molecular weight excluding hydrogens is 376 g/mol. The van der Waals surface area contributed by atoms with Gasteiger partial charge in [-0.15, -0.1) is 0 Å². The molecule has 6 nitrogen and oxygen atoms in total. The predicted octanol–water partition coefficient (Wildman–Crippen LogP) is 5.06. The van der Waals surface area contributed by atoms with Gasteiger partial charge in [0.15, 0.2) is 0 Å². The van der Waals surface area contributed by atoms with Crippen molar-refractivity contribution in [3.8, 4) is 11.3 Å². The van der Waals surface area contributed by atoms with E-state index in [0.29, 0.717) is 11.3 Å². The number of benzene rings is 1. The number of anilines is 1. The first-order chi connectivity index (χ1) is 14.8. The van der Waals surface area contributed by atoms with E-state index >= 15 is 0 Å². The fraction of sp³-hybridized carbons (Fsp3) is 0.250. The number of aromatic nitrogens is 2. The van der Waals surface area contributed by atoms with Gasteiger partial charge >= 0.3 is 0 Å². The maximum atomic E-state index is 12.8. The summed E-state index contributed by atoms with van der Waals surface area (Å²) in [5, 5.41) is 3.79. The van der Waals surface area contributed by atoms with Gasteiger partial charge in [-0.25, -0.2) is 0 Å². The minimum Gasteiger partial charge on any atom is -0.460 e. The van der Waals surface area contributed by atoms with Crippen molar-refractivity contribution in [3.05, 3.63) is 72.4 Å². The van der Waals surface area contributed by atoms with Crippen molar-refractivity contribution in [3.63, 3.8) is 0 Å². The fourth-order valence-corrected chi connectivity index (χ4v) is 4.05. The number of rotatable bonds is 5. The van der Waals surface area contributed by atoms with E-state index in [9.17, 15) is 4.79 Å². The molecule has 2 N–H and O–H groups in total. The zero-order valence-electron chi connectivity index (χ0n) is 16.7. The van der Waals surface area contributed by atoms with Gasteiger partial charge in [-0.3, -0.25) is 14.7 Å². The second kappa shape index (κ2) is 8.16. The summed E-state index contributed by atoms with van der Waals surface area (Å²) in [5.41, 5.74) is 3.20. The third-order valence-electron chi connectivity index (χ3n) is 5.64. The molecule has 1 amide bonds. The van der Waals surface area contributed by atoms with Crippen molar-refractivity contribution in [2.45, 2.75) is 25.8 Å². The van der Waals surface area contributed by atoms with Crippen LogP contribution in [0.1, 0.15) is 35.4 Å². The van der Waals surface area contributed by atoms with Crippen molar-refractivity contribution >= 4 is 22.5 Å². The second-order valence-electron chi connectivity index (χ2n) is 7.76. The summed E-state index contributed by atoms with van der Waals surface area (Å²) in [6, 6.07) is 13.6. The number of pyridine rings is 1.